The lowest BCUT2D eigenvalue weighted by Crippen LogP contribution is -2.28. The van der Waals surface area contributed by atoms with Crippen molar-refractivity contribution in [1.82, 2.24) is 4.90 Å². The summed E-state index contributed by atoms with van der Waals surface area (Å²) >= 11 is 0. The van der Waals surface area contributed by atoms with Crippen LogP contribution in [0, 0.1) is 5.92 Å². The number of esters is 1. The smallest absolute Gasteiger partial charge is 0.340 e. The van der Waals surface area contributed by atoms with Gasteiger partial charge in [-0.2, -0.15) is 0 Å². The highest BCUT2D eigenvalue weighted by Crippen LogP contribution is 2.32. The SMILES string of the molecule is CCOC(=O)C1=C(C)N(CC(C)C)C(=O)C1=Cc1ccc(N(C)C)cc1. The Morgan fingerprint density at radius 3 is 2.35 bits per heavy atom. The van der Waals surface area contributed by atoms with E-state index in [1.807, 2.05) is 64.0 Å². The van der Waals surface area contributed by atoms with Gasteiger partial charge in [-0.3, -0.25) is 4.79 Å². The molecular formula is C21H28N2O3. The molecule has 1 aromatic rings. The monoisotopic (exact) mass is 356 g/mol. The van der Waals surface area contributed by atoms with Crippen molar-refractivity contribution in [2.24, 2.45) is 5.92 Å². The molecule has 1 aliphatic rings. The van der Waals surface area contributed by atoms with Gasteiger partial charge in [0.1, 0.15) is 0 Å². The molecule has 1 aliphatic heterocycles. The van der Waals surface area contributed by atoms with Crippen LogP contribution in [-0.2, 0) is 14.3 Å². The van der Waals surface area contributed by atoms with Gasteiger partial charge in [0.25, 0.3) is 5.91 Å². The fourth-order valence-corrected chi connectivity index (χ4v) is 2.95. The molecule has 0 radical (unpaired) electrons. The van der Waals surface area contributed by atoms with Gasteiger partial charge in [-0.05, 0) is 43.5 Å². The highest BCUT2D eigenvalue weighted by Gasteiger charge is 2.37. The van der Waals surface area contributed by atoms with E-state index in [2.05, 4.69) is 0 Å². The van der Waals surface area contributed by atoms with Crippen molar-refractivity contribution >= 4 is 23.6 Å². The number of nitrogens with zero attached hydrogens (tertiary/aromatic N) is 2. The van der Waals surface area contributed by atoms with Crippen molar-refractivity contribution in [3.63, 3.8) is 0 Å². The van der Waals surface area contributed by atoms with E-state index in [0.717, 1.165) is 11.3 Å². The number of anilines is 1. The topological polar surface area (TPSA) is 49.9 Å². The number of hydrogen-bond donors (Lipinski definition) is 0. The molecule has 0 spiro atoms. The maximum Gasteiger partial charge on any atom is 0.340 e. The summed E-state index contributed by atoms with van der Waals surface area (Å²) in [5, 5.41) is 0. The Balaban J connectivity index is 2.45. The lowest BCUT2D eigenvalue weighted by Gasteiger charge is -2.20. The van der Waals surface area contributed by atoms with Crippen LogP contribution < -0.4 is 4.90 Å². The zero-order valence-electron chi connectivity index (χ0n) is 16.5. The Labute approximate surface area is 155 Å². The Morgan fingerprint density at radius 1 is 1.23 bits per heavy atom. The second kappa shape index (κ2) is 8.21. The van der Waals surface area contributed by atoms with E-state index in [1.54, 1.807) is 17.9 Å². The molecule has 140 valence electrons. The summed E-state index contributed by atoms with van der Waals surface area (Å²) in [6.45, 7) is 8.52. The number of carbonyl (C=O) groups excluding carboxylic acids is 2. The van der Waals surface area contributed by atoms with E-state index in [0.29, 0.717) is 29.3 Å². The Kier molecular flexibility index (Phi) is 6.24. The summed E-state index contributed by atoms with van der Waals surface area (Å²) < 4.78 is 5.19. The Hall–Kier alpha value is -2.56. The first-order valence-electron chi connectivity index (χ1n) is 8.95. The molecule has 0 atom stereocenters. The molecule has 0 saturated carbocycles. The van der Waals surface area contributed by atoms with Gasteiger partial charge >= 0.3 is 5.97 Å². The fraction of sp³-hybridized carbons (Fsp3) is 0.429. The molecule has 0 N–H and O–H groups in total. The lowest BCUT2D eigenvalue weighted by atomic mass is 10.0. The standard InChI is InChI=1S/C21H28N2O3/c1-7-26-21(25)19-15(4)23(13-14(2)3)20(24)18(19)12-16-8-10-17(11-9-16)22(5)6/h8-12,14H,7,13H2,1-6H3. The van der Waals surface area contributed by atoms with E-state index in [9.17, 15) is 9.59 Å². The van der Waals surface area contributed by atoms with Crippen LogP contribution in [0.15, 0.2) is 41.1 Å². The quantitative estimate of drug-likeness (QED) is 0.578. The Morgan fingerprint density at radius 2 is 1.85 bits per heavy atom. The highest BCUT2D eigenvalue weighted by atomic mass is 16.5. The van der Waals surface area contributed by atoms with E-state index in [1.165, 1.54) is 0 Å². The van der Waals surface area contributed by atoms with Gasteiger partial charge in [0, 0.05) is 32.0 Å². The third kappa shape index (κ3) is 4.15. The maximum atomic E-state index is 13.0. The van der Waals surface area contributed by atoms with E-state index in [-0.39, 0.29) is 12.5 Å². The summed E-state index contributed by atoms with van der Waals surface area (Å²) in [6.07, 6.45) is 1.78. The fourth-order valence-electron chi connectivity index (χ4n) is 2.95. The summed E-state index contributed by atoms with van der Waals surface area (Å²) in [6, 6.07) is 7.86. The number of amides is 1. The van der Waals surface area contributed by atoms with E-state index < -0.39 is 5.97 Å². The van der Waals surface area contributed by atoms with Crippen molar-refractivity contribution in [1.29, 1.82) is 0 Å². The van der Waals surface area contributed by atoms with Crippen LogP contribution in [0.1, 0.15) is 33.3 Å². The largest absolute Gasteiger partial charge is 0.462 e. The van der Waals surface area contributed by atoms with E-state index >= 15 is 0 Å². The van der Waals surface area contributed by atoms with Crippen molar-refractivity contribution in [2.75, 3.05) is 32.1 Å². The van der Waals surface area contributed by atoms with Crippen LogP contribution in [0.3, 0.4) is 0 Å². The summed E-state index contributed by atoms with van der Waals surface area (Å²) in [5.41, 5.74) is 3.38. The first kappa shape index (κ1) is 19.8. The van der Waals surface area contributed by atoms with Gasteiger partial charge in [-0.15, -0.1) is 0 Å². The zero-order valence-corrected chi connectivity index (χ0v) is 16.5. The Bertz CT molecular complexity index is 743. The third-order valence-electron chi connectivity index (χ3n) is 4.26. The average molecular weight is 356 g/mol. The van der Waals surface area contributed by atoms with Crippen molar-refractivity contribution in [3.05, 3.63) is 46.7 Å². The first-order valence-corrected chi connectivity index (χ1v) is 8.95. The predicted molar refractivity (Wildman–Crippen MR) is 105 cm³/mol. The second-order valence-corrected chi connectivity index (χ2v) is 7.03. The second-order valence-electron chi connectivity index (χ2n) is 7.03. The van der Waals surface area contributed by atoms with Crippen LogP contribution in [0.5, 0.6) is 0 Å². The number of rotatable bonds is 6. The van der Waals surface area contributed by atoms with Gasteiger partial charge in [0.15, 0.2) is 0 Å². The number of ether oxygens (including phenoxy) is 1. The molecule has 0 saturated heterocycles. The van der Waals surface area contributed by atoms with Crippen LogP contribution in [0.25, 0.3) is 6.08 Å². The molecule has 1 amide bonds. The molecule has 2 rings (SSSR count). The normalized spacial score (nSPS) is 16.0. The van der Waals surface area contributed by atoms with Gasteiger partial charge in [-0.25, -0.2) is 4.79 Å². The van der Waals surface area contributed by atoms with Gasteiger partial charge in [0.05, 0.1) is 17.8 Å². The average Bonchev–Trinajstić information content (AvgIpc) is 2.79. The number of hydrogen-bond acceptors (Lipinski definition) is 4. The van der Waals surface area contributed by atoms with E-state index in [4.69, 9.17) is 4.74 Å². The van der Waals surface area contributed by atoms with Crippen LogP contribution in [-0.4, -0.2) is 44.0 Å². The van der Waals surface area contributed by atoms with Crippen LogP contribution in [0.4, 0.5) is 5.69 Å². The summed E-state index contributed by atoms with van der Waals surface area (Å²) in [4.78, 5) is 29.1. The molecule has 1 heterocycles. The molecule has 0 aromatic heterocycles. The predicted octanol–water partition coefficient (Wildman–Crippen LogP) is 3.47. The lowest BCUT2D eigenvalue weighted by molar-refractivity contribution is -0.138. The third-order valence-corrected chi connectivity index (χ3v) is 4.26. The molecule has 5 heteroatoms. The molecule has 0 fully saturated rings. The maximum absolute atomic E-state index is 13.0. The number of allylic oxidation sites excluding steroid dienone is 1. The highest BCUT2D eigenvalue weighted by molar-refractivity contribution is 6.16. The van der Waals surface area contributed by atoms with Crippen molar-refractivity contribution < 1.29 is 14.3 Å². The van der Waals surface area contributed by atoms with Gasteiger partial charge < -0.3 is 14.5 Å². The van der Waals surface area contributed by atoms with Gasteiger partial charge in [0.2, 0.25) is 0 Å². The minimum atomic E-state index is -0.444. The van der Waals surface area contributed by atoms with Gasteiger partial charge in [-0.1, -0.05) is 26.0 Å². The summed E-state index contributed by atoms with van der Waals surface area (Å²) in [7, 11) is 3.95. The van der Waals surface area contributed by atoms with Crippen molar-refractivity contribution in [2.45, 2.75) is 27.7 Å². The molecule has 0 bridgehead atoms. The minimum Gasteiger partial charge on any atom is -0.462 e. The molecule has 26 heavy (non-hydrogen) atoms. The zero-order chi connectivity index (χ0) is 19.4. The van der Waals surface area contributed by atoms with Crippen LogP contribution in [0.2, 0.25) is 0 Å². The minimum absolute atomic E-state index is 0.143. The summed E-state index contributed by atoms with van der Waals surface area (Å²) in [5.74, 6) is -0.284. The van der Waals surface area contributed by atoms with Crippen LogP contribution >= 0.6 is 0 Å². The number of benzene rings is 1. The molecular weight excluding hydrogens is 328 g/mol. The molecule has 1 aromatic carbocycles. The molecule has 0 aliphatic carbocycles. The first-order chi connectivity index (χ1) is 12.3. The number of carbonyl (C=O) groups is 2. The molecule has 0 unspecified atom stereocenters. The molecule has 5 nitrogen and oxygen atoms in total. The van der Waals surface area contributed by atoms with Crippen molar-refractivity contribution in [3.8, 4) is 0 Å².